The first-order valence-electron chi connectivity index (χ1n) is 6.61. The number of aromatic amines is 1. The van der Waals surface area contributed by atoms with Crippen molar-refractivity contribution in [3.8, 4) is 0 Å². The number of nitrogens with two attached hydrogens (primary N) is 1. The summed E-state index contributed by atoms with van der Waals surface area (Å²) >= 11 is 0. The summed E-state index contributed by atoms with van der Waals surface area (Å²) in [5.41, 5.74) is 8.98. The Morgan fingerprint density at radius 1 is 1.42 bits per heavy atom. The van der Waals surface area contributed by atoms with E-state index >= 15 is 0 Å². The molecule has 102 valence electrons. The Bertz CT molecular complexity index is 589. The highest BCUT2D eigenvalue weighted by Gasteiger charge is 2.28. The maximum atomic E-state index is 11.2. The van der Waals surface area contributed by atoms with Crippen molar-refractivity contribution in [2.24, 2.45) is 5.73 Å². The summed E-state index contributed by atoms with van der Waals surface area (Å²) in [6.45, 7) is 4.03. The van der Waals surface area contributed by atoms with Crippen molar-refractivity contribution in [2.45, 2.75) is 38.6 Å². The molecule has 4 heteroatoms. The van der Waals surface area contributed by atoms with E-state index in [4.69, 9.17) is 5.73 Å². The largest absolute Gasteiger partial charge is 0.480 e. The van der Waals surface area contributed by atoms with Crippen LogP contribution in [0.5, 0.6) is 0 Å². The Labute approximate surface area is 112 Å². The molecule has 1 aromatic heterocycles. The second-order valence-electron chi connectivity index (χ2n) is 4.97. The Morgan fingerprint density at radius 2 is 2.11 bits per heavy atom. The van der Waals surface area contributed by atoms with E-state index in [2.05, 4.69) is 4.98 Å². The number of hydrogen-bond donors (Lipinski definition) is 3. The minimum absolute atomic E-state index is 0.154. The van der Waals surface area contributed by atoms with Gasteiger partial charge in [0.1, 0.15) is 6.04 Å². The van der Waals surface area contributed by atoms with E-state index in [1.165, 1.54) is 0 Å². The lowest BCUT2D eigenvalue weighted by molar-refractivity contribution is -0.139. The van der Waals surface area contributed by atoms with E-state index in [1.807, 2.05) is 38.1 Å². The van der Waals surface area contributed by atoms with Crippen LogP contribution >= 0.6 is 0 Å². The number of aliphatic carboxylic acids is 1. The van der Waals surface area contributed by atoms with Crippen molar-refractivity contribution in [2.75, 3.05) is 0 Å². The van der Waals surface area contributed by atoms with E-state index in [1.54, 1.807) is 0 Å². The molecular formula is C15H20N2O2. The van der Waals surface area contributed by atoms with Gasteiger partial charge in [-0.2, -0.15) is 0 Å². The lowest BCUT2D eigenvalue weighted by Crippen LogP contribution is -2.36. The minimum Gasteiger partial charge on any atom is -0.480 e. The lowest BCUT2D eigenvalue weighted by Gasteiger charge is -2.21. The molecule has 2 rings (SSSR count). The topological polar surface area (TPSA) is 79.1 Å². The van der Waals surface area contributed by atoms with Gasteiger partial charge in [-0.15, -0.1) is 0 Å². The number of fused-ring (bicyclic) bond motifs is 1. The highest BCUT2D eigenvalue weighted by atomic mass is 16.4. The summed E-state index contributed by atoms with van der Waals surface area (Å²) in [5, 5.41) is 10.3. The fraction of sp³-hybridized carbons (Fsp3) is 0.400. The molecule has 0 aliphatic carbocycles. The van der Waals surface area contributed by atoms with Crippen LogP contribution in [0, 0.1) is 6.92 Å². The molecule has 1 heterocycles. The van der Waals surface area contributed by atoms with Crippen molar-refractivity contribution in [3.05, 3.63) is 35.5 Å². The van der Waals surface area contributed by atoms with Crippen LogP contribution in [0.15, 0.2) is 24.3 Å². The summed E-state index contributed by atoms with van der Waals surface area (Å²) in [7, 11) is 0. The number of para-hydroxylation sites is 1. The number of rotatable bonds is 5. The molecule has 0 saturated carbocycles. The van der Waals surface area contributed by atoms with Crippen molar-refractivity contribution >= 4 is 16.9 Å². The molecule has 2 aromatic rings. The average molecular weight is 260 g/mol. The number of hydrogen-bond acceptors (Lipinski definition) is 2. The van der Waals surface area contributed by atoms with Crippen LogP contribution in [0.4, 0.5) is 0 Å². The van der Waals surface area contributed by atoms with Gasteiger partial charge < -0.3 is 15.8 Å². The molecule has 0 spiro atoms. The van der Waals surface area contributed by atoms with E-state index < -0.39 is 12.0 Å². The predicted octanol–water partition coefficient (Wildman–Crippen LogP) is 2.77. The lowest BCUT2D eigenvalue weighted by atomic mass is 9.86. The third-order valence-electron chi connectivity index (χ3n) is 3.63. The fourth-order valence-corrected chi connectivity index (χ4v) is 2.76. The second-order valence-corrected chi connectivity index (χ2v) is 4.97. The summed E-state index contributed by atoms with van der Waals surface area (Å²) in [6, 6.07) is 7.09. The highest BCUT2D eigenvalue weighted by Crippen LogP contribution is 2.33. The molecule has 2 atom stereocenters. The van der Waals surface area contributed by atoms with Gasteiger partial charge >= 0.3 is 5.97 Å². The molecule has 0 fully saturated rings. The van der Waals surface area contributed by atoms with Gasteiger partial charge in [-0.25, -0.2) is 0 Å². The van der Waals surface area contributed by atoms with Crippen molar-refractivity contribution in [1.29, 1.82) is 0 Å². The summed E-state index contributed by atoms with van der Waals surface area (Å²) in [4.78, 5) is 14.5. The molecule has 0 radical (unpaired) electrons. The fourth-order valence-electron chi connectivity index (χ4n) is 2.76. The molecule has 0 amide bonds. The van der Waals surface area contributed by atoms with Crippen LogP contribution in [0.25, 0.3) is 10.9 Å². The number of H-pyrrole nitrogens is 1. The Hall–Kier alpha value is -1.81. The number of aromatic nitrogens is 1. The van der Waals surface area contributed by atoms with Crippen LogP contribution in [-0.4, -0.2) is 22.1 Å². The van der Waals surface area contributed by atoms with E-state index in [-0.39, 0.29) is 5.92 Å². The van der Waals surface area contributed by atoms with Crippen molar-refractivity contribution in [3.63, 3.8) is 0 Å². The maximum absolute atomic E-state index is 11.2. The van der Waals surface area contributed by atoms with Gasteiger partial charge in [0.2, 0.25) is 0 Å². The molecule has 1 unspecified atom stereocenters. The Morgan fingerprint density at radius 3 is 2.74 bits per heavy atom. The quantitative estimate of drug-likeness (QED) is 0.773. The van der Waals surface area contributed by atoms with Crippen molar-refractivity contribution in [1.82, 2.24) is 4.98 Å². The van der Waals surface area contributed by atoms with Gasteiger partial charge in [0.15, 0.2) is 0 Å². The molecule has 4 nitrogen and oxygen atoms in total. The number of nitrogens with one attached hydrogen (secondary N) is 1. The smallest absolute Gasteiger partial charge is 0.321 e. The zero-order chi connectivity index (χ0) is 14.0. The van der Waals surface area contributed by atoms with Gasteiger partial charge in [0, 0.05) is 22.5 Å². The number of carboxylic acids is 1. The molecule has 19 heavy (non-hydrogen) atoms. The van der Waals surface area contributed by atoms with Crippen LogP contribution in [0.1, 0.15) is 36.9 Å². The molecule has 0 aliphatic heterocycles. The van der Waals surface area contributed by atoms with Crippen LogP contribution in [0.3, 0.4) is 0 Å². The Kier molecular flexibility index (Phi) is 3.90. The summed E-state index contributed by atoms with van der Waals surface area (Å²) in [6.07, 6.45) is 1.68. The molecular weight excluding hydrogens is 240 g/mol. The van der Waals surface area contributed by atoms with Crippen LogP contribution < -0.4 is 5.73 Å². The average Bonchev–Trinajstić information content (AvgIpc) is 2.71. The van der Waals surface area contributed by atoms with E-state index in [9.17, 15) is 9.90 Å². The van der Waals surface area contributed by atoms with Gasteiger partial charge in [0.05, 0.1) is 0 Å². The van der Waals surface area contributed by atoms with E-state index in [0.717, 1.165) is 35.0 Å². The molecule has 4 N–H and O–H groups in total. The molecule has 0 saturated heterocycles. The third kappa shape index (κ3) is 2.49. The first kappa shape index (κ1) is 13.6. The highest BCUT2D eigenvalue weighted by molar-refractivity contribution is 5.86. The van der Waals surface area contributed by atoms with Crippen LogP contribution in [0.2, 0.25) is 0 Å². The number of carboxylic acid groups (broad SMARTS) is 1. The Balaban J connectivity index is 2.55. The first-order valence-corrected chi connectivity index (χ1v) is 6.61. The summed E-state index contributed by atoms with van der Waals surface area (Å²) < 4.78 is 0. The van der Waals surface area contributed by atoms with Gasteiger partial charge in [-0.05, 0) is 25.0 Å². The zero-order valence-electron chi connectivity index (χ0n) is 11.3. The van der Waals surface area contributed by atoms with Crippen molar-refractivity contribution < 1.29 is 9.90 Å². The monoisotopic (exact) mass is 260 g/mol. The number of carbonyl (C=O) groups is 1. The summed E-state index contributed by atoms with van der Waals surface area (Å²) in [5.74, 6) is -1.10. The maximum Gasteiger partial charge on any atom is 0.321 e. The second kappa shape index (κ2) is 5.45. The zero-order valence-corrected chi connectivity index (χ0v) is 11.3. The van der Waals surface area contributed by atoms with Gasteiger partial charge in [0.25, 0.3) is 0 Å². The minimum atomic E-state index is -0.942. The van der Waals surface area contributed by atoms with Gasteiger partial charge in [-0.3, -0.25) is 4.79 Å². The van der Waals surface area contributed by atoms with E-state index in [0.29, 0.717) is 0 Å². The normalized spacial score (nSPS) is 14.5. The molecule has 0 aliphatic rings. The predicted molar refractivity (Wildman–Crippen MR) is 76.3 cm³/mol. The standard InChI is InChI=1S/C15H20N2O2/c1-3-6-11(14(16)15(18)19)13-9(2)17-12-8-5-4-7-10(12)13/h4-5,7-8,11,14,17H,3,6,16H2,1-2H3,(H,18,19)/t11?,14-/m0/s1. The van der Waals surface area contributed by atoms with Crippen LogP contribution in [-0.2, 0) is 4.79 Å². The number of aryl methyl sites for hydroxylation is 1. The first-order chi connectivity index (χ1) is 9.06. The number of benzene rings is 1. The molecule has 0 bridgehead atoms. The van der Waals surface area contributed by atoms with Gasteiger partial charge in [-0.1, -0.05) is 31.5 Å². The molecule has 1 aromatic carbocycles. The SMILES string of the molecule is CCCC(c1c(C)[nH]c2ccccc12)[C@H](N)C(=O)O. The third-order valence-corrected chi connectivity index (χ3v) is 3.63.